The van der Waals surface area contributed by atoms with Crippen molar-refractivity contribution in [2.75, 3.05) is 17.3 Å². The molecule has 0 amide bonds. The molecular weight excluding hydrogens is 334 g/mol. The van der Waals surface area contributed by atoms with Crippen LogP contribution in [0.15, 0.2) is 0 Å². The van der Waals surface area contributed by atoms with Gasteiger partial charge in [-0.3, -0.25) is 9.05 Å². The molecule has 1 heterocycles. The second-order valence-corrected chi connectivity index (χ2v) is 6.31. The summed E-state index contributed by atoms with van der Waals surface area (Å²) in [6.45, 7) is -2.91. The van der Waals surface area contributed by atoms with Crippen LogP contribution in [0.3, 0.4) is 0 Å². The standard InChI is InChI=1S/C5H8Br2ClO3P/c6-1-4-3-10-12(8,9)11-5(4)2-7/h4-5H,1-3H2. The maximum atomic E-state index is 11.1. The van der Waals surface area contributed by atoms with Crippen molar-refractivity contribution in [3.05, 3.63) is 0 Å². The summed E-state index contributed by atoms with van der Waals surface area (Å²) >= 11 is 12.0. The van der Waals surface area contributed by atoms with Gasteiger partial charge in [-0.05, 0) is 0 Å². The molecule has 0 spiro atoms. The van der Waals surface area contributed by atoms with E-state index in [0.29, 0.717) is 11.9 Å². The molecule has 1 rings (SSSR count). The van der Waals surface area contributed by atoms with Crippen molar-refractivity contribution in [2.45, 2.75) is 6.10 Å². The Morgan fingerprint density at radius 2 is 2.17 bits per heavy atom. The summed E-state index contributed by atoms with van der Waals surface area (Å²) in [5.74, 6) is 0.199. The van der Waals surface area contributed by atoms with Crippen molar-refractivity contribution in [1.29, 1.82) is 0 Å². The zero-order valence-electron chi connectivity index (χ0n) is 6.08. The van der Waals surface area contributed by atoms with E-state index in [9.17, 15) is 4.57 Å². The fraction of sp³-hybridized carbons (Fsp3) is 1.00. The summed E-state index contributed by atoms with van der Waals surface area (Å²) in [5.41, 5.74) is 0. The summed E-state index contributed by atoms with van der Waals surface area (Å²) in [7, 11) is 0. The lowest BCUT2D eigenvalue weighted by atomic mass is 10.1. The molecule has 0 aromatic carbocycles. The van der Waals surface area contributed by atoms with Crippen molar-refractivity contribution < 1.29 is 13.6 Å². The van der Waals surface area contributed by atoms with Crippen molar-refractivity contribution in [1.82, 2.24) is 0 Å². The van der Waals surface area contributed by atoms with Gasteiger partial charge >= 0.3 is 6.95 Å². The fourth-order valence-corrected chi connectivity index (χ4v) is 3.81. The highest BCUT2D eigenvalue weighted by molar-refractivity contribution is 9.09. The summed E-state index contributed by atoms with van der Waals surface area (Å²) in [6, 6.07) is 0. The van der Waals surface area contributed by atoms with Gasteiger partial charge in [0.25, 0.3) is 0 Å². The first-order valence-corrected chi connectivity index (χ1v) is 8.02. The van der Waals surface area contributed by atoms with Crippen LogP contribution in [-0.4, -0.2) is 23.4 Å². The van der Waals surface area contributed by atoms with Crippen LogP contribution in [0.25, 0.3) is 0 Å². The van der Waals surface area contributed by atoms with E-state index in [1.54, 1.807) is 0 Å². The highest BCUT2D eigenvalue weighted by atomic mass is 79.9. The van der Waals surface area contributed by atoms with Gasteiger partial charge in [-0.2, -0.15) is 0 Å². The highest BCUT2D eigenvalue weighted by Gasteiger charge is 2.36. The van der Waals surface area contributed by atoms with Gasteiger partial charge in [-0.1, -0.05) is 31.9 Å². The lowest BCUT2D eigenvalue weighted by molar-refractivity contribution is 0.0600. The molecule has 7 heteroatoms. The van der Waals surface area contributed by atoms with E-state index < -0.39 is 6.95 Å². The number of halogens is 3. The molecule has 3 unspecified atom stereocenters. The van der Waals surface area contributed by atoms with Gasteiger partial charge in [0, 0.05) is 27.8 Å². The maximum Gasteiger partial charge on any atom is 0.424 e. The minimum absolute atomic E-state index is 0.138. The molecule has 0 bridgehead atoms. The van der Waals surface area contributed by atoms with Crippen LogP contribution >= 0.6 is 50.0 Å². The van der Waals surface area contributed by atoms with Crippen LogP contribution < -0.4 is 0 Å². The van der Waals surface area contributed by atoms with Crippen LogP contribution in [0, 0.1) is 5.92 Å². The monoisotopic (exact) mass is 340 g/mol. The van der Waals surface area contributed by atoms with E-state index in [-0.39, 0.29) is 12.0 Å². The van der Waals surface area contributed by atoms with Gasteiger partial charge in [-0.15, -0.1) is 0 Å². The van der Waals surface area contributed by atoms with E-state index in [1.807, 2.05) is 0 Å². The number of alkyl halides is 2. The molecule has 3 atom stereocenters. The molecule has 3 nitrogen and oxygen atoms in total. The third-order valence-corrected chi connectivity index (χ3v) is 4.56. The van der Waals surface area contributed by atoms with Gasteiger partial charge in [0.05, 0.1) is 12.7 Å². The normalized spacial score (nSPS) is 42.9. The third-order valence-electron chi connectivity index (χ3n) is 1.58. The predicted molar refractivity (Wildman–Crippen MR) is 55.4 cm³/mol. The van der Waals surface area contributed by atoms with E-state index in [1.165, 1.54) is 0 Å². The molecule has 1 saturated heterocycles. The fourth-order valence-electron chi connectivity index (χ4n) is 0.868. The third kappa shape index (κ3) is 2.96. The quantitative estimate of drug-likeness (QED) is 0.571. The second-order valence-electron chi connectivity index (χ2n) is 2.44. The molecule has 0 aliphatic carbocycles. The molecule has 1 aliphatic rings. The Labute approximate surface area is 92.7 Å². The van der Waals surface area contributed by atoms with Crippen LogP contribution in [0.1, 0.15) is 0 Å². The minimum Gasteiger partial charge on any atom is -0.296 e. The molecule has 0 aromatic rings. The van der Waals surface area contributed by atoms with Gasteiger partial charge in [-0.25, -0.2) is 4.57 Å². The maximum absolute atomic E-state index is 11.1. The zero-order valence-corrected chi connectivity index (χ0v) is 10.9. The van der Waals surface area contributed by atoms with Crippen molar-refractivity contribution >= 4 is 50.0 Å². The molecule has 0 radical (unpaired) electrons. The van der Waals surface area contributed by atoms with Crippen molar-refractivity contribution in [3.63, 3.8) is 0 Å². The van der Waals surface area contributed by atoms with Crippen LogP contribution in [-0.2, 0) is 13.6 Å². The zero-order chi connectivity index (χ0) is 9.19. The molecule has 0 N–H and O–H groups in total. The lowest BCUT2D eigenvalue weighted by Gasteiger charge is -2.31. The summed E-state index contributed by atoms with van der Waals surface area (Å²) in [4.78, 5) is 0. The number of hydrogen-bond acceptors (Lipinski definition) is 3. The number of hydrogen-bond donors (Lipinski definition) is 0. The summed E-state index contributed by atoms with van der Waals surface area (Å²) in [5, 5.41) is 1.36. The SMILES string of the molecule is O=P1(Cl)OCC(CBr)C(CBr)O1. The molecule has 0 aromatic heterocycles. The Hall–Kier alpha value is 1.40. The lowest BCUT2D eigenvalue weighted by Crippen LogP contribution is -2.33. The molecule has 0 saturated carbocycles. The molecule has 12 heavy (non-hydrogen) atoms. The first kappa shape index (κ1) is 11.5. The smallest absolute Gasteiger partial charge is 0.296 e. The Morgan fingerprint density at radius 1 is 1.50 bits per heavy atom. The number of rotatable bonds is 2. The van der Waals surface area contributed by atoms with E-state index in [4.69, 9.17) is 20.3 Å². The highest BCUT2D eigenvalue weighted by Crippen LogP contribution is 2.58. The largest absolute Gasteiger partial charge is 0.424 e. The first-order chi connectivity index (χ1) is 5.59. The van der Waals surface area contributed by atoms with Gasteiger partial charge < -0.3 is 0 Å². The topological polar surface area (TPSA) is 35.5 Å². The van der Waals surface area contributed by atoms with E-state index in [0.717, 1.165) is 5.33 Å². The van der Waals surface area contributed by atoms with Crippen molar-refractivity contribution in [3.8, 4) is 0 Å². The molecule has 1 aliphatic heterocycles. The van der Waals surface area contributed by atoms with Crippen LogP contribution in [0.5, 0.6) is 0 Å². The van der Waals surface area contributed by atoms with Crippen LogP contribution in [0.2, 0.25) is 0 Å². The second kappa shape index (κ2) is 4.76. The van der Waals surface area contributed by atoms with Crippen molar-refractivity contribution in [2.24, 2.45) is 5.92 Å². The predicted octanol–water partition coefficient (Wildman–Crippen LogP) is 3.15. The first-order valence-electron chi connectivity index (χ1n) is 3.33. The summed E-state index contributed by atoms with van der Waals surface area (Å²) in [6.07, 6.45) is -0.138. The average molecular weight is 342 g/mol. The van der Waals surface area contributed by atoms with E-state index in [2.05, 4.69) is 31.9 Å². The van der Waals surface area contributed by atoms with Gasteiger partial charge in [0.15, 0.2) is 0 Å². The summed E-state index contributed by atoms with van der Waals surface area (Å²) < 4.78 is 21.0. The Morgan fingerprint density at radius 3 is 2.67 bits per heavy atom. The van der Waals surface area contributed by atoms with Gasteiger partial charge in [0.2, 0.25) is 0 Å². The Balaban J connectivity index is 2.59. The van der Waals surface area contributed by atoms with Gasteiger partial charge in [0.1, 0.15) is 0 Å². The van der Waals surface area contributed by atoms with E-state index >= 15 is 0 Å². The average Bonchev–Trinajstić information content (AvgIpc) is 2.03. The molecule has 72 valence electrons. The molecular formula is C5H8Br2ClO3P. The van der Waals surface area contributed by atoms with Crippen LogP contribution in [0.4, 0.5) is 0 Å². The Kier molecular flexibility index (Phi) is 4.55. The molecule has 1 fully saturated rings. The Bertz CT molecular complexity index is 203. The minimum atomic E-state index is -3.29.